The summed E-state index contributed by atoms with van der Waals surface area (Å²) >= 11 is 0. The van der Waals surface area contributed by atoms with Crippen LogP contribution in [0.3, 0.4) is 0 Å². The Hall–Kier alpha value is -1.06. The van der Waals surface area contributed by atoms with E-state index in [0.29, 0.717) is 12.5 Å². The Morgan fingerprint density at radius 3 is 2.61 bits per heavy atom. The molecule has 2 amide bonds. The van der Waals surface area contributed by atoms with Crippen molar-refractivity contribution in [1.82, 2.24) is 9.80 Å². The minimum Gasteiger partial charge on any atom is -0.331 e. The molecule has 1 unspecified atom stereocenters. The lowest BCUT2D eigenvalue weighted by Gasteiger charge is -2.41. The van der Waals surface area contributed by atoms with Crippen molar-refractivity contribution in [2.45, 2.75) is 46.6 Å². The SMILES string of the molecule is CC(C)C(C)(C)CN1CC(=O)N2CCCC2C1=O. The number of rotatable bonds is 3. The fraction of sp³-hybridized carbons (Fsp3) is 0.857. The van der Waals surface area contributed by atoms with Gasteiger partial charge in [-0.25, -0.2) is 0 Å². The normalized spacial score (nSPS) is 25.1. The van der Waals surface area contributed by atoms with Gasteiger partial charge >= 0.3 is 0 Å². The fourth-order valence-electron chi connectivity index (χ4n) is 2.67. The molecular weight excluding hydrogens is 228 g/mol. The molecule has 0 bridgehead atoms. The smallest absolute Gasteiger partial charge is 0.245 e. The van der Waals surface area contributed by atoms with Crippen molar-refractivity contribution in [3.8, 4) is 0 Å². The Morgan fingerprint density at radius 2 is 2.00 bits per heavy atom. The van der Waals surface area contributed by atoms with Crippen LogP contribution in [0.5, 0.6) is 0 Å². The predicted octanol–water partition coefficient (Wildman–Crippen LogP) is 1.50. The van der Waals surface area contributed by atoms with E-state index < -0.39 is 0 Å². The molecule has 2 rings (SSSR count). The van der Waals surface area contributed by atoms with Crippen LogP contribution >= 0.6 is 0 Å². The lowest BCUT2D eigenvalue weighted by Crippen LogP contribution is -2.59. The molecule has 0 N–H and O–H groups in total. The van der Waals surface area contributed by atoms with E-state index in [2.05, 4.69) is 27.7 Å². The Kier molecular flexibility index (Phi) is 3.39. The molecular formula is C14H24N2O2. The van der Waals surface area contributed by atoms with E-state index >= 15 is 0 Å². The van der Waals surface area contributed by atoms with Crippen LogP contribution in [0.1, 0.15) is 40.5 Å². The molecule has 0 aliphatic carbocycles. The number of carbonyl (C=O) groups is 2. The number of nitrogens with zero attached hydrogens (tertiary/aromatic N) is 2. The number of fused-ring (bicyclic) bond motifs is 1. The van der Waals surface area contributed by atoms with Crippen molar-refractivity contribution in [2.24, 2.45) is 11.3 Å². The predicted molar refractivity (Wildman–Crippen MR) is 69.9 cm³/mol. The van der Waals surface area contributed by atoms with Gasteiger partial charge in [-0.3, -0.25) is 9.59 Å². The second kappa shape index (κ2) is 4.56. The standard InChI is InChI=1S/C14H24N2O2/c1-10(2)14(3,4)9-15-8-12(17)16-7-5-6-11(16)13(15)18/h10-11H,5-9H2,1-4H3. The van der Waals surface area contributed by atoms with Crippen molar-refractivity contribution < 1.29 is 9.59 Å². The summed E-state index contributed by atoms with van der Waals surface area (Å²) in [5, 5.41) is 0. The van der Waals surface area contributed by atoms with Gasteiger partial charge in [-0.1, -0.05) is 27.7 Å². The zero-order valence-electron chi connectivity index (χ0n) is 11.9. The lowest BCUT2D eigenvalue weighted by atomic mass is 9.80. The van der Waals surface area contributed by atoms with Gasteiger partial charge in [0.05, 0.1) is 6.54 Å². The van der Waals surface area contributed by atoms with Crippen molar-refractivity contribution in [1.29, 1.82) is 0 Å². The monoisotopic (exact) mass is 252 g/mol. The van der Waals surface area contributed by atoms with Gasteiger partial charge in [-0.2, -0.15) is 0 Å². The van der Waals surface area contributed by atoms with E-state index in [1.807, 2.05) is 0 Å². The van der Waals surface area contributed by atoms with Crippen molar-refractivity contribution in [3.63, 3.8) is 0 Å². The molecule has 102 valence electrons. The second-order valence-electron chi connectivity index (χ2n) is 6.58. The minimum atomic E-state index is -0.172. The van der Waals surface area contributed by atoms with Gasteiger partial charge in [-0.05, 0) is 24.2 Å². The highest BCUT2D eigenvalue weighted by Gasteiger charge is 2.43. The molecule has 1 atom stereocenters. The molecule has 0 radical (unpaired) electrons. The molecule has 4 heteroatoms. The molecule has 2 saturated heterocycles. The largest absolute Gasteiger partial charge is 0.331 e. The summed E-state index contributed by atoms with van der Waals surface area (Å²) < 4.78 is 0. The minimum absolute atomic E-state index is 0.0523. The molecule has 0 aromatic rings. The zero-order valence-corrected chi connectivity index (χ0v) is 11.9. The topological polar surface area (TPSA) is 40.6 Å². The molecule has 0 spiro atoms. The summed E-state index contributed by atoms with van der Waals surface area (Å²) in [4.78, 5) is 27.9. The summed E-state index contributed by atoms with van der Waals surface area (Å²) in [6, 6.07) is -0.172. The first-order valence-electron chi connectivity index (χ1n) is 6.91. The summed E-state index contributed by atoms with van der Waals surface area (Å²) in [7, 11) is 0. The molecule has 0 aromatic heterocycles. The second-order valence-corrected chi connectivity index (χ2v) is 6.58. The van der Waals surface area contributed by atoms with Gasteiger partial charge in [-0.15, -0.1) is 0 Å². The molecule has 4 nitrogen and oxygen atoms in total. The maximum atomic E-state index is 12.4. The van der Waals surface area contributed by atoms with Gasteiger partial charge in [0.2, 0.25) is 11.8 Å². The molecule has 0 aromatic carbocycles. The fourth-order valence-corrected chi connectivity index (χ4v) is 2.67. The summed E-state index contributed by atoms with van der Waals surface area (Å²) in [6.07, 6.45) is 1.80. The molecule has 2 heterocycles. The zero-order chi connectivity index (χ0) is 13.5. The number of piperazine rings is 1. The molecule has 0 saturated carbocycles. The van der Waals surface area contributed by atoms with Gasteiger partial charge in [0.25, 0.3) is 0 Å². The van der Waals surface area contributed by atoms with Crippen LogP contribution in [-0.2, 0) is 9.59 Å². The highest BCUT2D eigenvalue weighted by Crippen LogP contribution is 2.30. The van der Waals surface area contributed by atoms with Crippen LogP contribution in [0.4, 0.5) is 0 Å². The Morgan fingerprint density at radius 1 is 1.33 bits per heavy atom. The third-order valence-corrected chi connectivity index (χ3v) is 4.66. The Balaban J connectivity index is 2.10. The van der Waals surface area contributed by atoms with Crippen molar-refractivity contribution in [2.75, 3.05) is 19.6 Å². The van der Waals surface area contributed by atoms with Crippen LogP contribution < -0.4 is 0 Å². The first-order valence-corrected chi connectivity index (χ1v) is 6.91. The summed E-state index contributed by atoms with van der Waals surface area (Å²) in [6.45, 7) is 10.4. The third-order valence-electron chi connectivity index (χ3n) is 4.66. The number of hydrogen-bond donors (Lipinski definition) is 0. The van der Waals surface area contributed by atoms with Gasteiger partial charge in [0.1, 0.15) is 6.04 Å². The third kappa shape index (κ3) is 2.25. The van der Waals surface area contributed by atoms with E-state index in [9.17, 15) is 9.59 Å². The average Bonchev–Trinajstić information content (AvgIpc) is 2.74. The summed E-state index contributed by atoms with van der Waals surface area (Å²) in [5.41, 5.74) is 0.0523. The van der Waals surface area contributed by atoms with Crippen LogP contribution in [0.25, 0.3) is 0 Å². The van der Waals surface area contributed by atoms with Crippen LogP contribution in [0.15, 0.2) is 0 Å². The quantitative estimate of drug-likeness (QED) is 0.764. The first-order chi connectivity index (χ1) is 8.33. The number of carbonyl (C=O) groups excluding carboxylic acids is 2. The molecule has 2 aliphatic heterocycles. The van der Waals surface area contributed by atoms with Crippen LogP contribution in [0, 0.1) is 11.3 Å². The molecule has 2 fully saturated rings. The van der Waals surface area contributed by atoms with E-state index in [0.717, 1.165) is 19.4 Å². The van der Waals surface area contributed by atoms with E-state index in [-0.39, 0.29) is 29.8 Å². The molecule has 2 aliphatic rings. The van der Waals surface area contributed by atoms with E-state index in [1.165, 1.54) is 0 Å². The maximum Gasteiger partial charge on any atom is 0.245 e. The van der Waals surface area contributed by atoms with Crippen molar-refractivity contribution >= 4 is 11.8 Å². The molecule has 18 heavy (non-hydrogen) atoms. The summed E-state index contributed by atoms with van der Waals surface area (Å²) in [5.74, 6) is 0.763. The number of amides is 2. The van der Waals surface area contributed by atoms with Crippen molar-refractivity contribution in [3.05, 3.63) is 0 Å². The van der Waals surface area contributed by atoms with E-state index in [1.54, 1.807) is 9.80 Å². The van der Waals surface area contributed by atoms with Gasteiger partial charge in [0, 0.05) is 13.1 Å². The Bertz CT molecular complexity index is 363. The van der Waals surface area contributed by atoms with Crippen LogP contribution in [-0.4, -0.2) is 47.3 Å². The average molecular weight is 252 g/mol. The Labute approximate surface area is 109 Å². The lowest BCUT2D eigenvalue weighted by molar-refractivity contribution is -0.155. The highest BCUT2D eigenvalue weighted by atomic mass is 16.2. The highest BCUT2D eigenvalue weighted by molar-refractivity contribution is 5.95. The van der Waals surface area contributed by atoms with Crippen LogP contribution in [0.2, 0.25) is 0 Å². The number of hydrogen-bond acceptors (Lipinski definition) is 2. The van der Waals surface area contributed by atoms with Gasteiger partial charge < -0.3 is 9.80 Å². The first kappa shape index (κ1) is 13.4. The van der Waals surface area contributed by atoms with E-state index in [4.69, 9.17) is 0 Å². The maximum absolute atomic E-state index is 12.4. The van der Waals surface area contributed by atoms with Gasteiger partial charge in [0.15, 0.2) is 0 Å².